The molecular formula is C27H46BN6-. The van der Waals surface area contributed by atoms with E-state index in [0.29, 0.717) is 35.5 Å². The predicted octanol–water partition coefficient (Wildman–Crippen LogP) is 6.68. The molecule has 0 aromatic carbocycles. The van der Waals surface area contributed by atoms with Crippen molar-refractivity contribution in [2.75, 3.05) is 0 Å². The van der Waals surface area contributed by atoms with E-state index in [0.717, 1.165) is 17.1 Å². The quantitative estimate of drug-likeness (QED) is 0.331. The van der Waals surface area contributed by atoms with E-state index in [2.05, 4.69) is 115 Å². The van der Waals surface area contributed by atoms with Crippen LogP contribution in [0.3, 0.4) is 0 Å². The maximum absolute atomic E-state index is 5.23. The first-order chi connectivity index (χ1) is 15.8. The largest absolute Gasteiger partial charge is 0.400 e. The molecule has 0 aliphatic rings. The van der Waals surface area contributed by atoms with Gasteiger partial charge in [-0.3, -0.25) is 0 Å². The summed E-state index contributed by atoms with van der Waals surface area (Å²) >= 11 is 0. The summed E-state index contributed by atoms with van der Waals surface area (Å²) in [6.07, 6.45) is 0. The zero-order valence-corrected chi connectivity index (χ0v) is 23.6. The molecule has 188 valence electrons. The van der Waals surface area contributed by atoms with E-state index in [4.69, 9.17) is 15.3 Å². The van der Waals surface area contributed by atoms with E-state index in [1.165, 1.54) is 17.1 Å². The van der Waals surface area contributed by atoms with Crippen LogP contribution in [-0.2, 0) is 0 Å². The van der Waals surface area contributed by atoms with Crippen molar-refractivity contribution in [3.05, 3.63) is 52.4 Å². The van der Waals surface area contributed by atoms with Crippen LogP contribution in [0.2, 0.25) is 0 Å². The smallest absolute Gasteiger partial charge is 0.326 e. The first-order valence-corrected chi connectivity index (χ1v) is 13.3. The van der Waals surface area contributed by atoms with Crippen molar-refractivity contribution in [2.45, 2.75) is 119 Å². The molecule has 0 spiro atoms. The van der Waals surface area contributed by atoms with Crippen molar-refractivity contribution < 1.29 is 0 Å². The summed E-state index contributed by atoms with van der Waals surface area (Å²) in [7, 11) is -1.46. The third-order valence-corrected chi connectivity index (χ3v) is 6.84. The minimum Gasteiger partial charge on any atom is -0.400 e. The lowest BCUT2D eigenvalue weighted by Gasteiger charge is -2.34. The minimum atomic E-state index is -1.46. The van der Waals surface area contributed by atoms with Crippen LogP contribution in [-0.4, -0.2) is 36.2 Å². The molecule has 0 saturated heterocycles. The van der Waals surface area contributed by atoms with Crippen molar-refractivity contribution in [3.63, 3.8) is 0 Å². The SMILES string of the molecule is CC(C)c1cc(C(C)C)n([BH-](n2nc(C(C)C)cc2C(C)C)n2nc(C(C)C)cc2C(C)C)n1. The minimum absolute atomic E-state index is 0.347. The topological polar surface area (TPSA) is 53.5 Å². The molecule has 0 N–H and O–H groups in total. The molecule has 3 aromatic heterocycles. The van der Waals surface area contributed by atoms with E-state index in [9.17, 15) is 0 Å². The fraction of sp³-hybridized carbons (Fsp3) is 0.667. The summed E-state index contributed by atoms with van der Waals surface area (Å²) in [6, 6.07) is 6.87. The summed E-state index contributed by atoms with van der Waals surface area (Å²) in [5.41, 5.74) is 7.13. The number of nitrogens with zero attached hydrogens (tertiary/aromatic N) is 6. The molecule has 3 aromatic rings. The van der Waals surface area contributed by atoms with Crippen molar-refractivity contribution in [3.8, 4) is 0 Å². The number of aromatic nitrogens is 6. The second kappa shape index (κ2) is 10.1. The average molecular weight is 466 g/mol. The van der Waals surface area contributed by atoms with E-state index in [-0.39, 0.29) is 0 Å². The molecule has 0 amide bonds. The Balaban J connectivity index is 2.41. The fourth-order valence-electron chi connectivity index (χ4n) is 4.66. The van der Waals surface area contributed by atoms with Crippen LogP contribution in [0.1, 0.15) is 153 Å². The Hall–Kier alpha value is -2.31. The molecule has 0 bridgehead atoms. The monoisotopic (exact) mass is 465 g/mol. The van der Waals surface area contributed by atoms with Crippen molar-refractivity contribution in [2.24, 2.45) is 0 Å². The fourth-order valence-corrected chi connectivity index (χ4v) is 4.66. The highest BCUT2D eigenvalue weighted by Gasteiger charge is 2.27. The van der Waals surface area contributed by atoms with Gasteiger partial charge in [-0.2, -0.15) is 0 Å². The third kappa shape index (κ3) is 5.03. The molecule has 0 atom stereocenters. The lowest BCUT2D eigenvalue weighted by Crippen LogP contribution is -2.47. The van der Waals surface area contributed by atoms with Gasteiger partial charge in [-0.1, -0.05) is 83.1 Å². The van der Waals surface area contributed by atoms with Gasteiger partial charge in [0.1, 0.15) is 0 Å². The predicted molar refractivity (Wildman–Crippen MR) is 145 cm³/mol. The Morgan fingerprint density at radius 3 is 0.853 bits per heavy atom. The highest BCUT2D eigenvalue weighted by atomic mass is 15.5. The molecule has 0 aliphatic heterocycles. The average Bonchev–Trinajstić information content (AvgIpc) is 3.45. The van der Waals surface area contributed by atoms with Crippen LogP contribution in [0.5, 0.6) is 0 Å². The van der Waals surface area contributed by atoms with Crippen molar-refractivity contribution in [1.29, 1.82) is 0 Å². The highest BCUT2D eigenvalue weighted by Crippen LogP contribution is 2.28. The summed E-state index contributed by atoms with van der Waals surface area (Å²) in [4.78, 5) is 0. The van der Waals surface area contributed by atoms with E-state index in [1.807, 2.05) is 0 Å². The number of hydrogen-bond acceptors (Lipinski definition) is 3. The molecule has 7 heteroatoms. The molecule has 3 rings (SSSR count). The van der Waals surface area contributed by atoms with Gasteiger partial charge in [0.2, 0.25) is 0 Å². The highest BCUT2D eigenvalue weighted by molar-refractivity contribution is 6.53. The van der Waals surface area contributed by atoms with Crippen LogP contribution < -0.4 is 0 Å². The zero-order valence-electron chi connectivity index (χ0n) is 23.6. The summed E-state index contributed by atoms with van der Waals surface area (Å²) in [5.74, 6) is 2.13. The zero-order chi connectivity index (χ0) is 25.5. The van der Waals surface area contributed by atoms with Gasteiger partial charge in [-0.05, 0) is 53.7 Å². The number of rotatable bonds is 9. The van der Waals surface area contributed by atoms with Gasteiger partial charge in [-0.15, -0.1) is 0 Å². The molecule has 34 heavy (non-hydrogen) atoms. The number of hydrogen-bond donors (Lipinski definition) is 0. The van der Waals surface area contributed by atoms with Crippen LogP contribution in [0.4, 0.5) is 0 Å². The van der Waals surface area contributed by atoms with Crippen LogP contribution in [0, 0.1) is 0 Å². The lowest BCUT2D eigenvalue weighted by molar-refractivity contribution is 0.646. The van der Waals surface area contributed by atoms with Crippen molar-refractivity contribution in [1.82, 2.24) is 29.1 Å². The second-order valence-electron chi connectivity index (χ2n) is 11.8. The Morgan fingerprint density at radius 1 is 0.441 bits per heavy atom. The van der Waals surface area contributed by atoms with Gasteiger partial charge in [0, 0.05) is 17.1 Å². The van der Waals surface area contributed by atoms with Crippen LogP contribution in [0.15, 0.2) is 18.2 Å². The van der Waals surface area contributed by atoms with E-state index >= 15 is 0 Å². The Labute approximate surface area is 207 Å². The first kappa shape index (κ1) is 26.3. The van der Waals surface area contributed by atoms with Gasteiger partial charge in [-0.25, -0.2) is 15.3 Å². The standard InChI is InChI=1S/C27H46BN6/c1-16(2)22-13-25(19(7)8)32(29-22)28(33-26(20(9)10)14-23(30-33)17(3)4)34-27(21(11)12)15-24(31-34)18(5)6/h13-21,28H,1-12H3/q-1. The van der Waals surface area contributed by atoms with E-state index in [1.54, 1.807) is 0 Å². The van der Waals surface area contributed by atoms with Crippen molar-refractivity contribution >= 4 is 7.12 Å². The summed E-state index contributed by atoms with van der Waals surface area (Å²) < 4.78 is 6.81. The molecule has 3 heterocycles. The van der Waals surface area contributed by atoms with Gasteiger partial charge in [0.15, 0.2) is 0 Å². The molecule has 6 nitrogen and oxygen atoms in total. The molecule has 0 aliphatic carbocycles. The molecule has 0 fully saturated rings. The Kier molecular flexibility index (Phi) is 7.84. The third-order valence-electron chi connectivity index (χ3n) is 6.84. The van der Waals surface area contributed by atoms with E-state index < -0.39 is 7.12 Å². The van der Waals surface area contributed by atoms with Gasteiger partial charge < -0.3 is 13.8 Å². The van der Waals surface area contributed by atoms with Crippen LogP contribution in [0.25, 0.3) is 0 Å². The first-order valence-electron chi connectivity index (χ1n) is 13.3. The molecule has 0 unspecified atom stereocenters. The van der Waals surface area contributed by atoms with Gasteiger partial charge in [0.25, 0.3) is 0 Å². The van der Waals surface area contributed by atoms with Gasteiger partial charge in [0.05, 0.1) is 17.1 Å². The molecule has 0 saturated carbocycles. The maximum atomic E-state index is 5.23. The lowest BCUT2D eigenvalue weighted by atomic mass is 9.89. The van der Waals surface area contributed by atoms with Crippen LogP contribution >= 0.6 is 0 Å². The normalized spacial score (nSPS) is 12.8. The summed E-state index contributed by atoms with van der Waals surface area (Å²) in [5, 5.41) is 15.7. The Bertz CT molecular complexity index is 958. The summed E-state index contributed by atoms with van der Waals surface area (Å²) in [6.45, 7) is 26.8. The Morgan fingerprint density at radius 2 is 0.676 bits per heavy atom. The second-order valence-corrected chi connectivity index (χ2v) is 11.8. The molecule has 0 radical (unpaired) electrons. The maximum Gasteiger partial charge on any atom is 0.326 e. The van der Waals surface area contributed by atoms with Gasteiger partial charge >= 0.3 is 7.12 Å². The molecular weight excluding hydrogens is 419 g/mol.